The number of H-pyrrole nitrogens is 2. The summed E-state index contributed by atoms with van der Waals surface area (Å²) < 4.78 is 0. The molecule has 1 aliphatic rings. The summed E-state index contributed by atoms with van der Waals surface area (Å²) in [5.74, 6) is 1.18. The van der Waals surface area contributed by atoms with Gasteiger partial charge in [-0.3, -0.25) is 15.1 Å². The van der Waals surface area contributed by atoms with Crippen molar-refractivity contribution in [3.63, 3.8) is 0 Å². The fourth-order valence-electron chi connectivity index (χ4n) is 4.33. The van der Waals surface area contributed by atoms with Crippen molar-refractivity contribution in [3.05, 3.63) is 97.4 Å². The van der Waals surface area contributed by atoms with Crippen LogP contribution in [0.3, 0.4) is 0 Å². The third-order valence-electron chi connectivity index (χ3n) is 6.50. The van der Waals surface area contributed by atoms with E-state index < -0.39 is 0 Å². The molecule has 1 saturated carbocycles. The second-order valence-corrected chi connectivity index (χ2v) is 9.01. The summed E-state index contributed by atoms with van der Waals surface area (Å²) in [7, 11) is 0. The van der Waals surface area contributed by atoms with E-state index in [0.717, 1.165) is 56.0 Å². The molecule has 0 radical (unpaired) electrons. The molecule has 0 unspecified atom stereocenters. The van der Waals surface area contributed by atoms with Crippen molar-refractivity contribution < 1.29 is 0 Å². The van der Waals surface area contributed by atoms with E-state index in [0.29, 0.717) is 17.4 Å². The molecule has 0 aromatic carbocycles. The zero-order chi connectivity index (χ0) is 25.4. The number of fused-ring (bicyclic) bond motifs is 2. The molecule has 5 aromatic rings. The monoisotopic (exact) mass is 486 g/mol. The molecule has 1 fully saturated rings. The van der Waals surface area contributed by atoms with Gasteiger partial charge >= 0.3 is 0 Å². The van der Waals surface area contributed by atoms with Crippen LogP contribution in [0.4, 0.5) is 0 Å². The Balaban J connectivity index is 1.39. The first kappa shape index (κ1) is 22.6. The normalized spacial score (nSPS) is 14.3. The molecule has 0 bridgehead atoms. The maximum absolute atomic E-state index is 4.97. The summed E-state index contributed by atoms with van der Waals surface area (Å²) in [6, 6.07) is 9.73. The summed E-state index contributed by atoms with van der Waals surface area (Å²) in [6.07, 6.45) is 13.5. The molecule has 0 aliphatic heterocycles. The van der Waals surface area contributed by atoms with E-state index in [4.69, 9.17) is 9.97 Å². The van der Waals surface area contributed by atoms with E-state index in [1.165, 1.54) is 12.8 Å². The molecular weight excluding hydrogens is 460 g/mol. The van der Waals surface area contributed by atoms with Crippen LogP contribution in [-0.4, -0.2) is 35.1 Å². The van der Waals surface area contributed by atoms with Gasteiger partial charge in [-0.25, -0.2) is 9.97 Å². The molecule has 5 heterocycles. The Labute approximate surface area is 214 Å². The predicted octanol–water partition coefficient (Wildman–Crippen LogP) is 5.94. The van der Waals surface area contributed by atoms with Crippen LogP contribution in [0.5, 0.6) is 0 Å². The second-order valence-electron chi connectivity index (χ2n) is 9.01. The maximum Gasteiger partial charge on any atom is 0.161 e. The highest BCUT2D eigenvalue weighted by atomic mass is 15.2. The molecule has 3 N–H and O–H groups in total. The Hall–Kier alpha value is -4.85. The smallest absolute Gasteiger partial charge is 0.161 e. The van der Waals surface area contributed by atoms with Crippen molar-refractivity contribution in [1.82, 2.24) is 40.4 Å². The maximum atomic E-state index is 4.97. The van der Waals surface area contributed by atoms with Crippen molar-refractivity contribution in [3.8, 4) is 22.8 Å². The molecule has 1 aliphatic carbocycles. The molecule has 5 aromatic heterocycles. The van der Waals surface area contributed by atoms with Gasteiger partial charge in [-0.05, 0) is 73.7 Å². The fourth-order valence-corrected chi connectivity index (χ4v) is 4.33. The van der Waals surface area contributed by atoms with Crippen LogP contribution in [0.2, 0.25) is 0 Å². The van der Waals surface area contributed by atoms with Gasteiger partial charge in [0, 0.05) is 35.5 Å². The summed E-state index contributed by atoms with van der Waals surface area (Å²) in [5, 5.41) is 11.0. The molecule has 8 nitrogen and oxygen atoms in total. The van der Waals surface area contributed by atoms with E-state index in [2.05, 4.69) is 43.6 Å². The number of aromatic nitrogens is 7. The zero-order valence-electron chi connectivity index (χ0n) is 20.5. The Morgan fingerprint density at radius 2 is 1.81 bits per heavy atom. The van der Waals surface area contributed by atoms with Crippen molar-refractivity contribution in [2.75, 3.05) is 0 Å². The van der Waals surface area contributed by atoms with Crippen molar-refractivity contribution in [2.45, 2.75) is 19.8 Å². The quantitative estimate of drug-likeness (QED) is 0.234. The topological polar surface area (TPSA) is 108 Å². The summed E-state index contributed by atoms with van der Waals surface area (Å²) in [6.45, 7) is 10.1. The van der Waals surface area contributed by atoms with E-state index in [9.17, 15) is 0 Å². The number of nitrogens with one attached hydrogen (secondary N) is 3. The second kappa shape index (κ2) is 9.31. The van der Waals surface area contributed by atoms with E-state index in [1.807, 2.05) is 55.5 Å². The highest BCUT2D eigenvalue weighted by Gasteiger charge is 2.24. The molecule has 6 rings (SSSR count). The third-order valence-corrected chi connectivity index (χ3v) is 6.50. The molecule has 8 heteroatoms. The SMILES string of the molecule is C=C/C(=C\C(=C/C)c1ccc2[nH]nc(-c3nc4c(-c5ccncc5)nccc4[nH]3)c2n1)NC(=C)C1CC1. The third kappa shape index (κ3) is 4.33. The lowest BCUT2D eigenvalue weighted by atomic mass is 10.1. The van der Waals surface area contributed by atoms with Crippen molar-refractivity contribution in [2.24, 2.45) is 5.92 Å². The van der Waals surface area contributed by atoms with Gasteiger partial charge in [0.2, 0.25) is 0 Å². The van der Waals surface area contributed by atoms with Crippen LogP contribution in [0.1, 0.15) is 25.5 Å². The number of rotatable bonds is 8. The summed E-state index contributed by atoms with van der Waals surface area (Å²) in [4.78, 5) is 21.9. The number of nitrogens with zero attached hydrogens (tertiary/aromatic N) is 5. The van der Waals surface area contributed by atoms with Crippen LogP contribution in [-0.2, 0) is 0 Å². The first-order chi connectivity index (χ1) is 18.1. The number of allylic oxidation sites excluding steroid dienone is 5. The minimum Gasteiger partial charge on any atom is -0.359 e. The largest absolute Gasteiger partial charge is 0.359 e. The standard InChI is InChI=1S/C29H26N8/c1-4-18(16-21(5-2)32-17(3)19-6-7-19)22-8-9-24-27(33-22)28(37-36-24)29-34-23-12-15-31-25(26(23)35-29)20-10-13-30-14-11-20/h4-5,8-16,19,32H,2-3,6-7H2,1H3,(H,34,35)(H,36,37)/b18-4+,21-16+. The zero-order valence-corrected chi connectivity index (χ0v) is 20.5. The number of aromatic amines is 2. The summed E-state index contributed by atoms with van der Waals surface area (Å²) >= 11 is 0. The molecule has 0 atom stereocenters. The Bertz CT molecular complexity index is 1700. The number of pyridine rings is 3. The molecular formula is C29H26N8. The van der Waals surface area contributed by atoms with Gasteiger partial charge in [-0.15, -0.1) is 0 Å². The van der Waals surface area contributed by atoms with Crippen molar-refractivity contribution >= 4 is 27.6 Å². The van der Waals surface area contributed by atoms with Gasteiger partial charge in [-0.2, -0.15) is 5.10 Å². The molecule has 0 saturated heterocycles. The van der Waals surface area contributed by atoms with Crippen molar-refractivity contribution in [1.29, 1.82) is 0 Å². The van der Waals surface area contributed by atoms with Crippen LogP contribution in [0.15, 0.2) is 91.7 Å². The predicted molar refractivity (Wildman–Crippen MR) is 147 cm³/mol. The molecule has 0 amide bonds. The van der Waals surface area contributed by atoms with Gasteiger partial charge in [0.25, 0.3) is 0 Å². The van der Waals surface area contributed by atoms with Crippen LogP contribution in [0.25, 0.3) is 50.4 Å². The number of imidazole rings is 1. The number of hydrogen-bond acceptors (Lipinski definition) is 6. The first-order valence-electron chi connectivity index (χ1n) is 12.2. The minimum atomic E-state index is 0.554. The Morgan fingerprint density at radius 1 is 1.00 bits per heavy atom. The molecule has 37 heavy (non-hydrogen) atoms. The Kier molecular flexibility index (Phi) is 5.69. The summed E-state index contributed by atoms with van der Waals surface area (Å²) in [5.41, 5.74) is 9.32. The van der Waals surface area contributed by atoms with Crippen LogP contribution >= 0.6 is 0 Å². The van der Waals surface area contributed by atoms with E-state index in [1.54, 1.807) is 18.6 Å². The fraction of sp³-hybridized carbons (Fsp3) is 0.138. The lowest BCUT2D eigenvalue weighted by Gasteiger charge is -2.11. The highest BCUT2D eigenvalue weighted by Crippen LogP contribution is 2.35. The first-order valence-corrected chi connectivity index (χ1v) is 12.2. The lowest BCUT2D eigenvalue weighted by Crippen LogP contribution is -2.11. The van der Waals surface area contributed by atoms with Crippen LogP contribution < -0.4 is 5.32 Å². The van der Waals surface area contributed by atoms with E-state index in [-0.39, 0.29) is 0 Å². The van der Waals surface area contributed by atoms with Gasteiger partial charge in [0.05, 0.1) is 22.4 Å². The average Bonchev–Trinajstić information content (AvgIpc) is 3.57. The van der Waals surface area contributed by atoms with Gasteiger partial charge in [0.15, 0.2) is 11.5 Å². The number of hydrogen-bond donors (Lipinski definition) is 3. The van der Waals surface area contributed by atoms with Gasteiger partial charge < -0.3 is 10.3 Å². The average molecular weight is 487 g/mol. The van der Waals surface area contributed by atoms with Gasteiger partial charge in [0.1, 0.15) is 11.0 Å². The molecule has 182 valence electrons. The minimum absolute atomic E-state index is 0.554. The lowest BCUT2D eigenvalue weighted by molar-refractivity contribution is 0.865. The van der Waals surface area contributed by atoms with Gasteiger partial charge in [-0.1, -0.05) is 19.2 Å². The Morgan fingerprint density at radius 3 is 2.57 bits per heavy atom. The van der Waals surface area contributed by atoms with Crippen LogP contribution in [0, 0.1) is 5.92 Å². The molecule has 0 spiro atoms. The van der Waals surface area contributed by atoms with E-state index >= 15 is 0 Å². The highest BCUT2D eigenvalue weighted by molar-refractivity contribution is 5.95.